The second-order valence-electron chi connectivity index (χ2n) is 4.27. The predicted molar refractivity (Wildman–Crippen MR) is 72.2 cm³/mol. The third kappa shape index (κ3) is 2.86. The van der Waals surface area contributed by atoms with E-state index in [9.17, 15) is 4.79 Å². The summed E-state index contributed by atoms with van der Waals surface area (Å²) in [4.78, 5) is 13.3. The number of nitrogens with zero attached hydrogens (tertiary/aromatic N) is 1. The number of rotatable bonds is 3. The molecule has 0 spiro atoms. The van der Waals surface area contributed by atoms with Gasteiger partial charge in [-0.15, -0.1) is 0 Å². The number of carboxylic acids is 1. The van der Waals surface area contributed by atoms with E-state index in [1.54, 1.807) is 12.1 Å². The molecule has 0 atom stereocenters. The van der Waals surface area contributed by atoms with Crippen LogP contribution >= 0.6 is 23.2 Å². The van der Waals surface area contributed by atoms with E-state index in [4.69, 9.17) is 28.3 Å². The normalized spacial score (nSPS) is 16.4. The van der Waals surface area contributed by atoms with E-state index in [-0.39, 0.29) is 0 Å². The van der Waals surface area contributed by atoms with Crippen LogP contribution in [0, 0.1) is 0 Å². The number of halogens is 2. The Bertz CT molecular complexity index is 500. The van der Waals surface area contributed by atoms with Crippen molar-refractivity contribution in [3.05, 3.63) is 45.5 Å². The van der Waals surface area contributed by atoms with Gasteiger partial charge in [0.2, 0.25) is 0 Å². The van der Waals surface area contributed by atoms with Crippen molar-refractivity contribution in [1.29, 1.82) is 0 Å². The molecule has 1 aromatic carbocycles. The second-order valence-corrected chi connectivity index (χ2v) is 4.97. The number of fused-ring (bicyclic) bond motifs is 1. The van der Waals surface area contributed by atoms with Gasteiger partial charge in [0.25, 0.3) is 0 Å². The minimum atomic E-state index is -0.862. The first-order chi connectivity index (χ1) is 8.61. The van der Waals surface area contributed by atoms with Crippen LogP contribution in [-0.2, 0) is 13.0 Å². The van der Waals surface area contributed by atoms with Gasteiger partial charge >= 0.3 is 5.97 Å². The molecular weight excluding hydrogens is 273 g/mol. The highest BCUT2D eigenvalue weighted by Gasteiger charge is 2.21. The Kier molecular flexibility index (Phi) is 4.27. The third-order valence-corrected chi connectivity index (χ3v) is 3.67. The van der Waals surface area contributed by atoms with E-state index in [1.165, 1.54) is 5.54 Å². The zero-order valence-electron chi connectivity index (χ0n) is 9.70. The first kappa shape index (κ1) is 13.4. The van der Waals surface area contributed by atoms with Crippen molar-refractivity contribution in [3.8, 4) is 0 Å². The molecule has 0 saturated heterocycles. The number of hydrogen-bond acceptors (Lipinski definition) is 2. The van der Waals surface area contributed by atoms with Crippen LogP contribution in [0.15, 0.2) is 28.8 Å². The van der Waals surface area contributed by atoms with Crippen LogP contribution in [0.25, 0.3) is 0 Å². The summed E-state index contributed by atoms with van der Waals surface area (Å²) < 4.78 is 0. The molecule has 0 bridgehead atoms. The van der Waals surface area contributed by atoms with Gasteiger partial charge in [0, 0.05) is 30.2 Å². The molecule has 0 aromatic heterocycles. The number of hydrogen-bond donors (Lipinski definition) is 1. The van der Waals surface area contributed by atoms with Crippen LogP contribution in [-0.4, -0.2) is 29.1 Å². The Morgan fingerprint density at radius 1 is 1.50 bits per heavy atom. The smallest absolute Gasteiger partial charge is 0.335 e. The molecule has 1 N–H and O–H groups in total. The van der Waals surface area contributed by atoms with Crippen molar-refractivity contribution >= 4 is 29.2 Å². The molecule has 0 unspecified atom stereocenters. The monoisotopic (exact) mass is 285 g/mol. The Morgan fingerprint density at radius 2 is 2.28 bits per heavy atom. The average molecular weight is 286 g/mol. The standard InChI is InChI=1S/C13H13Cl2NO2/c14-6-10(15)8-16-5-4-11-9(7-16)2-1-3-12(11)13(17)18/h1-3,6H,4-5,7-8H2,(H,17,18)/b10-6-. The van der Waals surface area contributed by atoms with Crippen molar-refractivity contribution in [2.45, 2.75) is 13.0 Å². The summed E-state index contributed by atoms with van der Waals surface area (Å²) >= 11 is 11.4. The SMILES string of the molecule is O=C(O)c1cccc2c1CCN(C/C(Cl)=C/Cl)C2. The molecule has 18 heavy (non-hydrogen) atoms. The number of carbonyl (C=O) groups is 1. The maximum Gasteiger partial charge on any atom is 0.335 e. The molecule has 96 valence electrons. The van der Waals surface area contributed by atoms with Gasteiger partial charge < -0.3 is 5.11 Å². The zero-order valence-corrected chi connectivity index (χ0v) is 11.2. The van der Waals surface area contributed by atoms with E-state index in [0.717, 1.165) is 24.1 Å². The molecule has 1 aromatic rings. The summed E-state index contributed by atoms with van der Waals surface area (Å²) in [6.07, 6.45) is 0.726. The minimum Gasteiger partial charge on any atom is -0.478 e. The summed E-state index contributed by atoms with van der Waals surface area (Å²) in [5.74, 6) is -0.862. The average Bonchev–Trinajstić information content (AvgIpc) is 2.37. The fourth-order valence-corrected chi connectivity index (χ4v) is 2.49. The molecule has 0 radical (unpaired) electrons. The third-order valence-electron chi connectivity index (χ3n) is 3.07. The Labute approximate surface area is 116 Å². The van der Waals surface area contributed by atoms with Gasteiger partial charge in [0.1, 0.15) is 0 Å². The molecule has 5 heteroatoms. The highest BCUT2D eigenvalue weighted by Crippen LogP contribution is 2.23. The van der Waals surface area contributed by atoms with Crippen molar-refractivity contribution in [2.24, 2.45) is 0 Å². The van der Waals surface area contributed by atoms with Gasteiger partial charge in [-0.05, 0) is 23.6 Å². The van der Waals surface area contributed by atoms with Gasteiger partial charge in [-0.25, -0.2) is 4.79 Å². The van der Waals surface area contributed by atoms with E-state index >= 15 is 0 Å². The quantitative estimate of drug-likeness (QED) is 0.928. The number of aromatic carboxylic acids is 1. The van der Waals surface area contributed by atoms with E-state index < -0.39 is 5.97 Å². The molecular formula is C13H13Cl2NO2. The Hall–Kier alpha value is -1.03. The lowest BCUT2D eigenvalue weighted by Crippen LogP contribution is -2.32. The zero-order chi connectivity index (χ0) is 13.1. The van der Waals surface area contributed by atoms with Gasteiger partial charge in [-0.2, -0.15) is 0 Å². The van der Waals surface area contributed by atoms with Crippen LogP contribution in [0.1, 0.15) is 21.5 Å². The van der Waals surface area contributed by atoms with Gasteiger partial charge in [0.15, 0.2) is 0 Å². The molecule has 1 heterocycles. The molecule has 0 saturated carbocycles. The summed E-state index contributed by atoms with van der Waals surface area (Å²) in [7, 11) is 0. The number of benzene rings is 1. The molecule has 1 aliphatic heterocycles. The number of carboxylic acid groups (broad SMARTS) is 1. The van der Waals surface area contributed by atoms with Crippen molar-refractivity contribution < 1.29 is 9.90 Å². The molecule has 0 amide bonds. The lowest BCUT2D eigenvalue weighted by Gasteiger charge is -2.29. The van der Waals surface area contributed by atoms with Crippen LogP contribution in [0.3, 0.4) is 0 Å². The molecule has 0 fully saturated rings. The highest BCUT2D eigenvalue weighted by molar-refractivity contribution is 6.36. The first-order valence-corrected chi connectivity index (χ1v) is 6.44. The fraction of sp³-hybridized carbons (Fsp3) is 0.308. The van der Waals surface area contributed by atoms with E-state index in [1.807, 2.05) is 6.07 Å². The van der Waals surface area contributed by atoms with Crippen LogP contribution in [0.4, 0.5) is 0 Å². The van der Waals surface area contributed by atoms with Crippen molar-refractivity contribution in [3.63, 3.8) is 0 Å². The van der Waals surface area contributed by atoms with Crippen molar-refractivity contribution in [1.82, 2.24) is 4.90 Å². The summed E-state index contributed by atoms with van der Waals surface area (Å²) in [6.45, 7) is 2.09. The summed E-state index contributed by atoms with van der Waals surface area (Å²) in [5, 5.41) is 9.72. The van der Waals surface area contributed by atoms with E-state index in [2.05, 4.69) is 4.90 Å². The minimum absolute atomic E-state index is 0.408. The molecule has 3 nitrogen and oxygen atoms in total. The Balaban J connectivity index is 2.20. The maximum atomic E-state index is 11.1. The topological polar surface area (TPSA) is 40.5 Å². The van der Waals surface area contributed by atoms with Crippen LogP contribution < -0.4 is 0 Å². The van der Waals surface area contributed by atoms with Gasteiger partial charge in [-0.3, -0.25) is 4.90 Å². The van der Waals surface area contributed by atoms with Gasteiger partial charge in [-0.1, -0.05) is 35.3 Å². The second kappa shape index (κ2) is 5.74. The highest BCUT2D eigenvalue weighted by atomic mass is 35.5. The lowest BCUT2D eigenvalue weighted by atomic mass is 9.94. The maximum absolute atomic E-state index is 11.1. The molecule has 1 aliphatic rings. The predicted octanol–water partition coefficient (Wildman–Crippen LogP) is 3.06. The van der Waals surface area contributed by atoms with E-state index in [0.29, 0.717) is 23.7 Å². The first-order valence-electron chi connectivity index (χ1n) is 5.63. The summed E-state index contributed by atoms with van der Waals surface area (Å²) in [5.41, 5.74) is 3.77. The van der Waals surface area contributed by atoms with Crippen LogP contribution in [0.2, 0.25) is 0 Å². The van der Waals surface area contributed by atoms with Gasteiger partial charge in [0.05, 0.1) is 5.56 Å². The Morgan fingerprint density at radius 3 is 2.94 bits per heavy atom. The fourth-order valence-electron chi connectivity index (χ4n) is 2.25. The summed E-state index contributed by atoms with van der Waals surface area (Å²) in [6, 6.07) is 5.40. The van der Waals surface area contributed by atoms with Crippen LogP contribution in [0.5, 0.6) is 0 Å². The largest absolute Gasteiger partial charge is 0.478 e. The molecule has 2 rings (SSSR count). The van der Waals surface area contributed by atoms with Crippen molar-refractivity contribution in [2.75, 3.05) is 13.1 Å². The molecule has 0 aliphatic carbocycles. The lowest BCUT2D eigenvalue weighted by molar-refractivity contribution is 0.0694.